The van der Waals surface area contributed by atoms with E-state index in [4.69, 9.17) is 10.5 Å². The number of aliphatic hydroxyl groups is 2. The number of likely N-dealkylation sites (tertiary alicyclic amines) is 1. The number of aliphatic hydroxyl groups excluding tert-OH is 1. The Bertz CT molecular complexity index is 1090. The summed E-state index contributed by atoms with van der Waals surface area (Å²) in [5.74, 6) is -0.916. The SMILES string of the molecule is COCCCC[C@@](O)(c1cccc(F)c1-c1cc(C)cc(C)c1)[C@@H]1CCCN(C(=O)[C@H]2C[C@@H](N)[C@@H](O)C2)C1. The smallest absolute Gasteiger partial charge is 0.225 e. The zero-order chi connectivity index (χ0) is 27.4. The molecule has 2 aromatic rings. The Balaban J connectivity index is 1.70. The van der Waals surface area contributed by atoms with Crippen molar-refractivity contribution in [3.05, 3.63) is 58.9 Å². The van der Waals surface area contributed by atoms with Crippen molar-refractivity contribution < 1.29 is 24.1 Å². The summed E-state index contributed by atoms with van der Waals surface area (Å²) < 4.78 is 20.8. The number of methoxy groups -OCH3 is 1. The molecule has 1 heterocycles. The molecule has 7 heteroatoms. The first kappa shape index (κ1) is 28.7. The van der Waals surface area contributed by atoms with Crippen LogP contribution in [-0.4, -0.2) is 60.0 Å². The fourth-order valence-corrected chi connectivity index (χ4v) is 6.57. The molecule has 0 radical (unpaired) electrons. The fourth-order valence-electron chi connectivity index (χ4n) is 6.57. The van der Waals surface area contributed by atoms with E-state index in [1.54, 1.807) is 13.2 Å². The number of aryl methyl sites for hydroxylation is 2. The van der Waals surface area contributed by atoms with Crippen LogP contribution in [0, 0.1) is 31.5 Å². The number of carbonyl (C=O) groups excluding carboxylic acids is 1. The Morgan fingerprint density at radius 2 is 1.92 bits per heavy atom. The number of rotatable bonds is 9. The maximum Gasteiger partial charge on any atom is 0.225 e. The third kappa shape index (κ3) is 6.12. The van der Waals surface area contributed by atoms with E-state index in [1.165, 1.54) is 6.07 Å². The second-order valence-electron chi connectivity index (χ2n) is 11.4. The molecule has 0 spiro atoms. The predicted molar refractivity (Wildman–Crippen MR) is 147 cm³/mol. The van der Waals surface area contributed by atoms with Gasteiger partial charge in [-0.1, -0.05) is 41.5 Å². The summed E-state index contributed by atoms with van der Waals surface area (Å²) in [6.07, 6.45) is 3.62. The second-order valence-corrected chi connectivity index (χ2v) is 11.4. The van der Waals surface area contributed by atoms with Gasteiger partial charge in [0.15, 0.2) is 0 Å². The zero-order valence-corrected chi connectivity index (χ0v) is 23.0. The highest BCUT2D eigenvalue weighted by molar-refractivity contribution is 5.79. The minimum Gasteiger partial charge on any atom is -0.391 e. The van der Waals surface area contributed by atoms with Crippen molar-refractivity contribution in [1.82, 2.24) is 4.90 Å². The summed E-state index contributed by atoms with van der Waals surface area (Å²) in [7, 11) is 1.66. The lowest BCUT2D eigenvalue weighted by Crippen LogP contribution is -2.49. The lowest BCUT2D eigenvalue weighted by Gasteiger charge is -2.44. The second kappa shape index (κ2) is 12.2. The van der Waals surface area contributed by atoms with E-state index >= 15 is 4.39 Å². The monoisotopic (exact) mass is 526 g/mol. The molecule has 0 unspecified atom stereocenters. The van der Waals surface area contributed by atoms with Gasteiger partial charge in [0.2, 0.25) is 5.91 Å². The summed E-state index contributed by atoms with van der Waals surface area (Å²) in [6.45, 7) is 5.58. The van der Waals surface area contributed by atoms with Gasteiger partial charge in [0.1, 0.15) is 5.82 Å². The summed E-state index contributed by atoms with van der Waals surface area (Å²) >= 11 is 0. The number of piperidine rings is 1. The summed E-state index contributed by atoms with van der Waals surface area (Å²) in [5, 5.41) is 22.7. The third-order valence-electron chi connectivity index (χ3n) is 8.48. The van der Waals surface area contributed by atoms with Gasteiger partial charge in [0.25, 0.3) is 0 Å². The van der Waals surface area contributed by atoms with Crippen molar-refractivity contribution in [3.63, 3.8) is 0 Å². The van der Waals surface area contributed by atoms with Crippen molar-refractivity contribution in [1.29, 1.82) is 0 Å². The maximum absolute atomic E-state index is 15.6. The Morgan fingerprint density at radius 3 is 2.58 bits per heavy atom. The number of hydrogen-bond acceptors (Lipinski definition) is 5. The topological polar surface area (TPSA) is 96.0 Å². The van der Waals surface area contributed by atoms with Crippen LogP contribution >= 0.6 is 0 Å². The number of ether oxygens (including phenoxy) is 1. The van der Waals surface area contributed by atoms with Gasteiger partial charge < -0.3 is 25.6 Å². The first-order chi connectivity index (χ1) is 18.1. The molecule has 4 N–H and O–H groups in total. The van der Waals surface area contributed by atoms with Crippen LogP contribution in [0.2, 0.25) is 0 Å². The molecule has 38 heavy (non-hydrogen) atoms. The van der Waals surface area contributed by atoms with Crippen LogP contribution in [-0.2, 0) is 15.1 Å². The summed E-state index contributed by atoms with van der Waals surface area (Å²) in [6, 6.07) is 10.6. The Morgan fingerprint density at radius 1 is 1.18 bits per heavy atom. The molecule has 2 aromatic carbocycles. The fraction of sp³-hybridized carbons (Fsp3) is 0.581. The number of benzene rings is 2. The number of nitrogens with zero attached hydrogens (tertiary/aromatic N) is 1. The molecule has 2 aliphatic rings. The lowest BCUT2D eigenvalue weighted by atomic mass is 9.71. The molecule has 208 valence electrons. The number of carbonyl (C=O) groups is 1. The van der Waals surface area contributed by atoms with Crippen molar-refractivity contribution in [3.8, 4) is 11.1 Å². The van der Waals surface area contributed by atoms with Crippen molar-refractivity contribution in [2.45, 2.75) is 76.5 Å². The molecule has 0 bridgehead atoms. The molecule has 6 nitrogen and oxygen atoms in total. The maximum atomic E-state index is 15.6. The molecule has 4 rings (SSSR count). The first-order valence-corrected chi connectivity index (χ1v) is 14.0. The highest BCUT2D eigenvalue weighted by Gasteiger charge is 2.44. The molecule has 2 fully saturated rings. The van der Waals surface area contributed by atoms with E-state index in [-0.39, 0.29) is 29.6 Å². The first-order valence-electron chi connectivity index (χ1n) is 14.0. The number of hydrogen-bond donors (Lipinski definition) is 3. The molecular formula is C31H43FN2O4. The van der Waals surface area contributed by atoms with Crippen molar-refractivity contribution >= 4 is 5.91 Å². The van der Waals surface area contributed by atoms with Crippen LogP contribution in [0.1, 0.15) is 61.6 Å². The van der Waals surface area contributed by atoms with Crippen LogP contribution in [0.4, 0.5) is 4.39 Å². The van der Waals surface area contributed by atoms with E-state index in [1.807, 2.05) is 36.9 Å². The van der Waals surface area contributed by atoms with Gasteiger partial charge in [0, 0.05) is 50.2 Å². The number of nitrogens with two attached hydrogens (primary N) is 1. The van der Waals surface area contributed by atoms with Gasteiger partial charge in [-0.25, -0.2) is 4.39 Å². The number of unbranched alkanes of at least 4 members (excludes halogenated alkanes) is 1. The van der Waals surface area contributed by atoms with Crippen LogP contribution < -0.4 is 5.73 Å². The average molecular weight is 527 g/mol. The van der Waals surface area contributed by atoms with E-state index < -0.39 is 11.7 Å². The molecule has 1 saturated heterocycles. The largest absolute Gasteiger partial charge is 0.391 e. The highest BCUT2D eigenvalue weighted by Crippen LogP contribution is 2.45. The minimum atomic E-state index is -1.33. The Hall–Kier alpha value is -2.32. The quantitative estimate of drug-likeness (QED) is 0.420. The molecule has 1 saturated carbocycles. The molecule has 0 aromatic heterocycles. The van der Waals surface area contributed by atoms with E-state index in [2.05, 4.69) is 6.07 Å². The van der Waals surface area contributed by atoms with Gasteiger partial charge >= 0.3 is 0 Å². The summed E-state index contributed by atoms with van der Waals surface area (Å²) in [4.78, 5) is 15.3. The number of halogens is 1. The van der Waals surface area contributed by atoms with Gasteiger partial charge in [0.05, 0.1) is 11.7 Å². The number of amides is 1. The van der Waals surface area contributed by atoms with Crippen LogP contribution in [0.25, 0.3) is 11.1 Å². The third-order valence-corrected chi connectivity index (χ3v) is 8.48. The van der Waals surface area contributed by atoms with Gasteiger partial charge in [-0.05, 0) is 76.0 Å². The van der Waals surface area contributed by atoms with Crippen molar-refractivity contribution in [2.24, 2.45) is 17.6 Å². The highest BCUT2D eigenvalue weighted by atomic mass is 19.1. The molecule has 1 aliphatic carbocycles. The van der Waals surface area contributed by atoms with Crippen LogP contribution in [0.5, 0.6) is 0 Å². The standard InChI is InChI=1S/C31H43FN2O4/c1-20-14-21(2)16-22(15-20)29-25(9-6-10-26(29)32)31(37,11-4-5-13-38-3)24-8-7-12-34(19-24)30(36)23-17-27(33)28(35)18-23/h6,9-10,14-16,23-24,27-28,35,37H,4-5,7-8,11-13,17-19,33H2,1-3H3/t23-,24+,27+,28-,31-/m0/s1. The van der Waals surface area contributed by atoms with Crippen LogP contribution in [0.15, 0.2) is 36.4 Å². The zero-order valence-electron chi connectivity index (χ0n) is 23.0. The van der Waals surface area contributed by atoms with Gasteiger partial charge in [-0.2, -0.15) is 0 Å². The molecular weight excluding hydrogens is 483 g/mol. The lowest BCUT2D eigenvalue weighted by molar-refractivity contribution is -0.141. The van der Waals surface area contributed by atoms with Gasteiger partial charge in [-0.15, -0.1) is 0 Å². The minimum absolute atomic E-state index is 0.00259. The van der Waals surface area contributed by atoms with E-state index in [0.29, 0.717) is 56.5 Å². The van der Waals surface area contributed by atoms with E-state index in [0.717, 1.165) is 36.0 Å². The predicted octanol–water partition coefficient (Wildman–Crippen LogP) is 4.45. The Kier molecular flexibility index (Phi) is 9.24. The van der Waals surface area contributed by atoms with Crippen molar-refractivity contribution in [2.75, 3.05) is 26.8 Å². The average Bonchev–Trinajstić information content (AvgIpc) is 3.23. The Labute approximate surface area is 226 Å². The molecule has 5 atom stereocenters. The summed E-state index contributed by atoms with van der Waals surface area (Å²) in [5.41, 5.74) is 8.49. The van der Waals surface area contributed by atoms with E-state index in [9.17, 15) is 15.0 Å². The van der Waals surface area contributed by atoms with Gasteiger partial charge in [-0.3, -0.25) is 4.79 Å². The molecule has 1 amide bonds. The normalized spacial score (nSPS) is 25.4. The van der Waals surface area contributed by atoms with Crippen LogP contribution in [0.3, 0.4) is 0 Å². The molecule has 1 aliphatic heterocycles.